The van der Waals surface area contributed by atoms with Crippen LogP contribution in [0.5, 0.6) is 0 Å². The fraction of sp³-hybridized carbons (Fsp3) is 0.462. The molecule has 18 heavy (non-hydrogen) atoms. The summed E-state index contributed by atoms with van der Waals surface area (Å²) < 4.78 is 0. The SMILES string of the molecule is c1cncc(Cc2nc(C3CCCNC3)n[nH]2)c1. The van der Waals surface area contributed by atoms with Crippen molar-refractivity contribution in [3.05, 3.63) is 41.7 Å². The Hall–Kier alpha value is -1.75. The minimum atomic E-state index is 0.456. The number of nitrogens with one attached hydrogen (secondary N) is 2. The van der Waals surface area contributed by atoms with Crippen LogP contribution in [0, 0.1) is 0 Å². The van der Waals surface area contributed by atoms with Gasteiger partial charge >= 0.3 is 0 Å². The minimum absolute atomic E-state index is 0.456. The van der Waals surface area contributed by atoms with Crippen molar-refractivity contribution in [3.8, 4) is 0 Å². The Morgan fingerprint density at radius 1 is 1.39 bits per heavy atom. The largest absolute Gasteiger partial charge is 0.316 e. The molecule has 0 radical (unpaired) electrons. The van der Waals surface area contributed by atoms with E-state index >= 15 is 0 Å². The van der Waals surface area contributed by atoms with Gasteiger partial charge in [0.25, 0.3) is 0 Å². The van der Waals surface area contributed by atoms with Crippen molar-refractivity contribution in [2.75, 3.05) is 13.1 Å². The van der Waals surface area contributed by atoms with E-state index in [9.17, 15) is 0 Å². The van der Waals surface area contributed by atoms with Gasteiger partial charge < -0.3 is 5.32 Å². The Kier molecular flexibility index (Phi) is 3.32. The number of aromatic nitrogens is 4. The van der Waals surface area contributed by atoms with Crippen LogP contribution < -0.4 is 5.32 Å². The molecule has 1 saturated heterocycles. The summed E-state index contributed by atoms with van der Waals surface area (Å²) in [5.74, 6) is 2.32. The number of aromatic amines is 1. The first-order valence-electron chi connectivity index (χ1n) is 6.42. The maximum Gasteiger partial charge on any atom is 0.155 e. The predicted octanol–water partition coefficient (Wildman–Crippen LogP) is 1.26. The lowest BCUT2D eigenvalue weighted by Crippen LogP contribution is -2.28. The van der Waals surface area contributed by atoms with Gasteiger partial charge in [-0.2, -0.15) is 5.10 Å². The molecule has 1 unspecified atom stereocenters. The van der Waals surface area contributed by atoms with Crippen LogP contribution in [0.15, 0.2) is 24.5 Å². The molecule has 94 valence electrons. The molecule has 5 heteroatoms. The van der Waals surface area contributed by atoms with Gasteiger partial charge in [-0.1, -0.05) is 6.07 Å². The molecule has 2 N–H and O–H groups in total. The molecule has 0 spiro atoms. The van der Waals surface area contributed by atoms with Crippen molar-refractivity contribution < 1.29 is 0 Å². The standard InChI is InChI=1S/C13H17N5/c1-3-10(8-14-5-1)7-12-16-13(18-17-12)11-4-2-6-15-9-11/h1,3,5,8,11,15H,2,4,6-7,9H2,(H,16,17,18). The van der Waals surface area contributed by atoms with E-state index in [1.54, 1.807) is 6.20 Å². The first-order valence-corrected chi connectivity index (χ1v) is 6.42. The number of nitrogens with zero attached hydrogens (tertiary/aromatic N) is 3. The van der Waals surface area contributed by atoms with Gasteiger partial charge in [-0.05, 0) is 31.0 Å². The van der Waals surface area contributed by atoms with Crippen LogP contribution in [-0.2, 0) is 6.42 Å². The lowest BCUT2D eigenvalue weighted by Gasteiger charge is -2.19. The summed E-state index contributed by atoms with van der Waals surface area (Å²) >= 11 is 0. The third-order valence-electron chi connectivity index (χ3n) is 3.31. The molecule has 3 rings (SSSR count). The molecular formula is C13H17N5. The average Bonchev–Trinajstić information content (AvgIpc) is 2.89. The Labute approximate surface area is 106 Å². The van der Waals surface area contributed by atoms with Crippen molar-refractivity contribution in [3.63, 3.8) is 0 Å². The molecule has 1 aliphatic heterocycles. The van der Waals surface area contributed by atoms with Gasteiger partial charge in [0.1, 0.15) is 5.82 Å². The number of piperidine rings is 1. The normalized spacial score (nSPS) is 19.9. The second-order valence-electron chi connectivity index (χ2n) is 4.72. The molecule has 5 nitrogen and oxygen atoms in total. The van der Waals surface area contributed by atoms with Crippen LogP contribution in [-0.4, -0.2) is 33.3 Å². The topological polar surface area (TPSA) is 66.5 Å². The highest BCUT2D eigenvalue weighted by molar-refractivity contribution is 5.14. The van der Waals surface area contributed by atoms with Gasteiger partial charge in [0.2, 0.25) is 0 Å². The number of hydrogen-bond donors (Lipinski definition) is 2. The van der Waals surface area contributed by atoms with Crippen LogP contribution in [0.3, 0.4) is 0 Å². The van der Waals surface area contributed by atoms with Crippen molar-refractivity contribution in [2.45, 2.75) is 25.2 Å². The number of hydrogen-bond acceptors (Lipinski definition) is 4. The van der Waals surface area contributed by atoms with Gasteiger partial charge in [-0.25, -0.2) is 4.98 Å². The van der Waals surface area contributed by atoms with Crippen molar-refractivity contribution in [1.82, 2.24) is 25.5 Å². The fourth-order valence-electron chi connectivity index (χ4n) is 2.34. The summed E-state index contributed by atoms with van der Waals surface area (Å²) in [4.78, 5) is 8.70. The van der Waals surface area contributed by atoms with E-state index < -0.39 is 0 Å². The maximum absolute atomic E-state index is 4.59. The number of rotatable bonds is 3. The lowest BCUT2D eigenvalue weighted by molar-refractivity contribution is 0.447. The van der Waals surface area contributed by atoms with Crippen LogP contribution in [0.25, 0.3) is 0 Å². The molecule has 0 bridgehead atoms. The molecule has 2 aromatic heterocycles. The second-order valence-corrected chi connectivity index (χ2v) is 4.72. The van der Waals surface area contributed by atoms with Gasteiger partial charge in [0, 0.05) is 31.3 Å². The number of H-pyrrole nitrogens is 1. The van der Waals surface area contributed by atoms with Crippen molar-refractivity contribution in [1.29, 1.82) is 0 Å². The lowest BCUT2D eigenvalue weighted by atomic mass is 9.99. The summed E-state index contributed by atoms with van der Waals surface area (Å²) in [6, 6.07) is 4.00. The quantitative estimate of drug-likeness (QED) is 0.851. The molecule has 0 saturated carbocycles. The van der Waals surface area contributed by atoms with Crippen molar-refractivity contribution >= 4 is 0 Å². The highest BCUT2D eigenvalue weighted by atomic mass is 15.2. The van der Waals surface area contributed by atoms with E-state index in [0.717, 1.165) is 36.7 Å². The monoisotopic (exact) mass is 243 g/mol. The summed E-state index contributed by atoms with van der Waals surface area (Å²) in [6.07, 6.45) is 6.79. The van der Waals surface area contributed by atoms with Crippen LogP contribution >= 0.6 is 0 Å². The summed E-state index contributed by atoms with van der Waals surface area (Å²) in [7, 11) is 0. The summed E-state index contributed by atoms with van der Waals surface area (Å²) in [5, 5.41) is 10.8. The van der Waals surface area contributed by atoms with Gasteiger partial charge in [0.05, 0.1) is 0 Å². The first-order chi connectivity index (χ1) is 8.92. The Bertz CT molecular complexity index is 487. The zero-order valence-corrected chi connectivity index (χ0v) is 10.3. The maximum atomic E-state index is 4.59. The molecule has 0 aromatic carbocycles. The fourth-order valence-corrected chi connectivity index (χ4v) is 2.34. The highest BCUT2D eigenvalue weighted by Crippen LogP contribution is 2.19. The molecule has 0 amide bonds. The highest BCUT2D eigenvalue weighted by Gasteiger charge is 2.19. The molecule has 1 fully saturated rings. The first kappa shape index (κ1) is 11.3. The van der Waals surface area contributed by atoms with Gasteiger partial charge in [-0.3, -0.25) is 10.1 Å². The average molecular weight is 243 g/mol. The summed E-state index contributed by atoms with van der Waals surface area (Å²) in [6.45, 7) is 2.10. The van der Waals surface area contributed by atoms with E-state index in [1.165, 1.54) is 12.8 Å². The second kappa shape index (κ2) is 5.27. The third kappa shape index (κ3) is 2.56. The molecule has 3 heterocycles. The van der Waals surface area contributed by atoms with Crippen LogP contribution in [0.2, 0.25) is 0 Å². The Morgan fingerprint density at radius 3 is 3.17 bits per heavy atom. The zero-order valence-electron chi connectivity index (χ0n) is 10.3. The van der Waals surface area contributed by atoms with E-state index in [2.05, 4.69) is 31.5 Å². The smallest absolute Gasteiger partial charge is 0.155 e. The molecule has 1 aliphatic rings. The van der Waals surface area contributed by atoms with E-state index in [0.29, 0.717) is 5.92 Å². The third-order valence-corrected chi connectivity index (χ3v) is 3.31. The van der Waals surface area contributed by atoms with E-state index in [1.807, 2.05) is 12.3 Å². The minimum Gasteiger partial charge on any atom is -0.316 e. The van der Waals surface area contributed by atoms with Gasteiger partial charge in [-0.15, -0.1) is 0 Å². The van der Waals surface area contributed by atoms with E-state index in [-0.39, 0.29) is 0 Å². The molecule has 2 aromatic rings. The van der Waals surface area contributed by atoms with Crippen LogP contribution in [0.4, 0.5) is 0 Å². The Morgan fingerprint density at radius 2 is 2.39 bits per heavy atom. The molecular weight excluding hydrogens is 226 g/mol. The van der Waals surface area contributed by atoms with Gasteiger partial charge in [0.15, 0.2) is 5.82 Å². The zero-order chi connectivity index (χ0) is 12.2. The number of pyridine rings is 1. The Balaban J connectivity index is 1.69. The predicted molar refractivity (Wildman–Crippen MR) is 68.3 cm³/mol. The van der Waals surface area contributed by atoms with Crippen molar-refractivity contribution in [2.24, 2.45) is 0 Å². The van der Waals surface area contributed by atoms with E-state index in [4.69, 9.17) is 0 Å². The summed E-state index contributed by atoms with van der Waals surface area (Å²) in [5.41, 5.74) is 1.15. The molecule has 1 atom stereocenters. The van der Waals surface area contributed by atoms with Crippen LogP contribution in [0.1, 0.15) is 36.0 Å². The molecule has 0 aliphatic carbocycles.